The molecule has 2 N–H and O–H groups in total. The minimum atomic E-state index is -1.38. The van der Waals surface area contributed by atoms with Crippen molar-refractivity contribution in [2.24, 2.45) is 0 Å². The molecule has 0 bridgehead atoms. The summed E-state index contributed by atoms with van der Waals surface area (Å²) < 4.78 is 14.3. The summed E-state index contributed by atoms with van der Waals surface area (Å²) >= 11 is 1.40. The SMILES string of the molecule is C#CCCC(=O)NCB(O)Oc1c(CC)cccc1C(=O)OCOC(=O)I. The van der Waals surface area contributed by atoms with E-state index in [-0.39, 0.29) is 30.1 Å². The zero-order valence-corrected chi connectivity index (χ0v) is 16.9. The third-order valence-electron chi connectivity index (χ3n) is 3.28. The number of esters is 1. The van der Waals surface area contributed by atoms with Gasteiger partial charge in [-0.1, -0.05) is 19.1 Å². The molecule has 0 radical (unpaired) electrons. The van der Waals surface area contributed by atoms with E-state index in [1.54, 1.807) is 12.1 Å². The molecule has 1 rings (SSSR count). The number of benzene rings is 1. The quantitative estimate of drug-likeness (QED) is 0.130. The Bertz CT molecular complexity index is 720. The first-order valence-corrected chi connectivity index (χ1v) is 9.13. The van der Waals surface area contributed by atoms with Crippen LogP contribution >= 0.6 is 22.6 Å². The fourth-order valence-corrected chi connectivity index (χ4v) is 2.15. The van der Waals surface area contributed by atoms with E-state index in [0.717, 1.165) is 0 Å². The Hall–Kier alpha value is -2.26. The summed E-state index contributed by atoms with van der Waals surface area (Å²) in [7, 11) is -1.38. The minimum Gasteiger partial charge on any atom is -0.534 e. The molecule has 144 valence electrons. The number of hydrogen-bond acceptors (Lipinski definition) is 7. The highest BCUT2D eigenvalue weighted by Crippen LogP contribution is 2.26. The van der Waals surface area contributed by atoms with Crippen LogP contribution in [0.15, 0.2) is 18.2 Å². The molecule has 0 unspecified atom stereocenters. The first kappa shape index (κ1) is 22.8. The Morgan fingerprint density at radius 3 is 2.70 bits per heavy atom. The number of rotatable bonds is 10. The maximum atomic E-state index is 12.2. The van der Waals surface area contributed by atoms with Crippen molar-refractivity contribution in [3.05, 3.63) is 29.3 Å². The molecule has 0 saturated heterocycles. The molecule has 0 aromatic heterocycles. The predicted molar refractivity (Wildman–Crippen MR) is 106 cm³/mol. The van der Waals surface area contributed by atoms with Crippen molar-refractivity contribution >= 4 is 45.6 Å². The lowest BCUT2D eigenvalue weighted by Crippen LogP contribution is -2.39. The molecule has 8 nitrogen and oxygen atoms in total. The van der Waals surface area contributed by atoms with E-state index in [4.69, 9.17) is 15.8 Å². The van der Waals surface area contributed by atoms with E-state index >= 15 is 0 Å². The molecule has 1 aromatic rings. The van der Waals surface area contributed by atoms with Crippen LogP contribution in [0.5, 0.6) is 5.75 Å². The third kappa shape index (κ3) is 8.32. The van der Waals surface area contributed by atoms with Gasteiger partial charge >= 0.3 is 17.1 Å². The number of carbonyl (C=O) groups excluding carboxylic acids is 3. The van der Waals surface area contributed by atoms with Crippen LogP contribution < -0.4 is 9.97 Å². The van der Waals surface area contributed by atoms with Crippen LogP contribution in [0.1, 0.15) is 35.7 Å². The zero-order chi connectivity index (χ0) is 20.2. The zero-order valence-electron chi connectivity index (χ0n) is 14.7. The van der Waals surface area contributed by atoms with Gasteiger partial charge in [0.2, 0.25) is 12.7 Å². The van der Waals surface area contributed by atoms with Gasteiger partial charge in [-0.3, -0.25) is 4.79 Å². The highest BCUT2D eigenvalue weighted by molar-refractivity contribution is 14.1. The molecule has 0 aliphatic rings. The van der Waals surface area contributed by atoms with Crippen LogP contribution in [-0.4, -0.2) is 41.2 Å². The Kier molecular flexibility index (Phi) is 10.3. The lowest BCUT2D eigenvalue weighted by molar-refractivity contribution is -0.120. The Morgan fingerprint density at radius 1 is 1.33 bits per heavy atom. The lowest BCUT2D eigenvalue weighted by Gasteiger charge is -2.17. The van der Waals surface area contributed by atoms with Crippen molar-refractivity contribution in [1.29, 1.82) is 0 Å². The summed E-state index contributed by atoms with van der Waals surface area (Å²) in [5.74, 6) is 1.39. The molecule has 27 heavy (non-hydrogen) atoms. The third-order valence-corrected chi connectivity index (χ3v) is 3.60. The monoisotopic (exact) mass is 487 g/mol. The average molecular weight is 487 g/mol. The van der Waals surface area contributed by atoms with Gasteiger partial charge in [-0.2, -0.15) is 0 Å². The van der Waals surface area contributed by atoms with Crippen molar-refractivity contribution in [1.82, 2.24) is 5.32 Å². The summed E-state index contributed by atoms with van der Waals surface area (Å²) in [5, 5.41) is 12.5. The fraction of sp³-hybridized carbons (Fsp3) is 0.353. The van der Waals surface area contributed by atoms with Crippen LogP contribution in [-0.2, 0) is 20.7 Å². The molecule has 0 fully saturated rings. The van der Waals surface area contributed by atoms with Gasteiger partial charge in [0.25, 0.3) is 0 Å². The van der Waals surface area contributed by atoms with E-state index in [9.17, 15) is 19.4 Å². The summed E-state index contributed by atoms with van der Waals surface area (Å²) in [6.45, 7) is 1.31. The highest BCUT2D eigenvalue weighted by atomic mass is 127. The number of amides is 1. The number of terminal acetylenes is 1. The lowest BCUT2D eigenvalue weighted by atomic mass is 9.90. The average Bonchev–Trinajstić information content (AvgIpc) is 2.64. The van der Waals surface area contributed by atoms with E-state index in [1.807, 2.05) is 6.92 Å². The molecule has 10 heteroatoms. The van der Waals surface area contributed by atoms with Crippen LogP contribution in [0.3, 0.4) is 0 Å². The standard InChI is InChI=1S/C17H19BINO7/c1-3-5-9-14(21)20-10-18(24)27-15-12(4-2)7-6-8-13(15)16(22)25-11-26-17(19)23/h1,6-8,24H,4-5,9-11H2,2H3,(H,20,21). The second-order valence-electron chi connectivity index (χ2n) is 5.16. The topological polar surface area (TPSA) is 111 Å². The molecule has 0 aliphatic carbocycles. The van der Waals surface area contributed by atoms with E-state index in [0.29, 0.717) is 18.4 Å². The number of hydrogen-bond donors (Lipinski definition) is 2. The smallest absolute Gasteiger partial charge is 0.534 e. The number of halogens is 1. The Balaban J connectivity index is 2.79. The number of aryl methyl sites for hydroxylation is 1. The second-order valence-corrected chi connectivity index (χ2v) is 6.04. The van der Waals surface area contributed by atoms with Crippen molar-refractivity contribution < 1.29 is 33.5 Å². The van der Waals surface area contributed by atoms with E-state index in [1.165, 1.54) is 28.7 Å². The van der Waals surface area contributed by atoms with Gasteiger partial charge in [0.1, 0.15) is 11.3 Å². The number of nitrogens with one attached hydrogen (secondary N) is 1. The Labute approximate surface area is 171 Å². The molecular weight excluding hydrogens is 468 g/mol. The first-order valence-electron chi connectivity index (χ1n) is 8.05. The summed E-state index contributed by atoms with van der Waals surface area (Å²) in [6.07, 6.45) is 5.87. The van der Waals surface area contributed by atoms with Crippen LogP contribution in [0.2, 0.25) is 0 Å². The van der Waals surface area contributed by atoms with Crippen molar-refractivity contribution in [3.63, 3.8) is 0 Å². The summed E-state index contributed by atoms with van der Waals surface area (Å²) in [5.41, 5.74) is 0.726. The normalized spacial score (nSPS) is 9.70. The predicted octanol–water partition coefficient (Wildman–Crippen LogP) is 1.86. The molecular formula is C17H19BINO7. The molecule has 1 aromatic carbocycles. The largest absolute Gasteiger partial charge is 0.543 e. The van der Waals surface area contributed by atoms with Gasteiger partial charge in [-0.15, -0.1) is 12.3 Å². The minimum absolute atomic E-state index is 0.0663. The van der Waals surface area contributed by atoms with Crippen LogP contribution in [0, 0.1) is 12.3 Å². The number of ether oxygens (including phenoxy) is 2. The van der Waals surface area contributed by atoms with Crippen LogP contribution in [0.25, 0.3) is 0 Å². The van der Waals surface area contributed by atoms with E-state index < -0.39 is 23.9 Å². The first-order chi connectivity index (χ1) is 12.9. The molecule has 0 spiro atoms. The van der Waals surface area contributed by atoms with Crippen LogP contribution in [0.4, 0.5) is 4.79 Å². The maximum Gasteiger partial charge on any atom is 0.543 e. The number of carbonyl (C=O) groups is 3. The van der Waals surface area contributed by atoms with Crippen molar-refractivity contribution in [3.8, 4) is 18.1 Å². The molecule has 0 atom stereocenters. The summed E-state index contributed by atoms with van der Waals surface area (Å²) in [6, 6.07) is 4.83. The maximum absolute atomic E-state index is 12.2. The molecule has 0 saturated carbocycles. The molecule has 1 amide bonds. The number of para-hydroxylation sites is 1. The van der Waals surface area contributed by atoms with Gasteiger partial charge in [-0.25, -0.2) is 9.59 Å². The van der Waals surface area contributed by atoms with Gasteiger partial charge in [0, 0.05) is 12.8 Å². The van der Waals surface area contributed by atoms with Gasteiger partial charge in [0.15, 0.2) is 0 Å². The van der Waals surface area contributed by atoms with Gasteiger partial charge < -0.3 is 24.5 Å². The Morgan fingerprint density at radius 2 is 2.07 bits per heavy atom. The fourth-order valence-electron chi connectivity index (χ4n) is 2.02. The van der Waals surface area contributed by atoms with Crippen molar-refractivity contribution in [2.75, 3.05) is 13.2 Å². The van der Waals surface area contributed by atoms with E-state index in [2.05, 4.69) is 16.0 Å². The molecule has 0 heterocycles. The van der Waals surface area contributed by atoms with Crippen molar-refractivity contribution in [2.45, 2.75) is 26.2 Å². The van der Waals surface area contributed by atoms with Gasteiger partial charge in [0.05, 0.1) is 29.0 Å². The summed E-state index contributed by atoms with van der Waals surface area (Å²) in [4.78, 5) is 34.5. The second kappa shape index (κ2) is 12.2. The molecule has 0 aliphatic heterocycles. The highest BCUT2D eigenvalue weighted by Gasteiger charge is 2.23. The van der Waals surface area contributed by atoms with Gasteiger partial charge in [-0.05, 0) is 18.1 Å².